The molecule has 0 spiro atoms. The van der Waals surface area contributed by atoms with Gasteiger partial charge in [0, 0.05) is 12.8 Å². The highest BCUT2D eigenvalue weighted by molar-refractivity contribution is 4.83. The lowest BCUT2D eigenvalue weighted by atomic mass is 10.2. The molecule has 0 bridgehead atoms. The van der Waals surface area contributed by atoms with Crippen LogP contribution in [-0.4, -0.2) is 9.13 Å². The molecule has 6 heteroatoms. The number of aromatic nitrogens is 4. The van der Waals surface area contributed by atoms with Crippen molar-refractivity contribution in [2.45, 2.75) is 65.5 Å². The average molecular weight is 558 g/mol. The van der Waals surface area contributed by atoms with Gasteiger partial charge < -0.3 is 48.0 Å². The molecule has 0 aromatic carbocycles. The van der Waals surface area contributed by atoms with Crippen LogP contribution in [0.1, 0.15) is 51.2 Å². The number of aryl methyl sites for hydroxylation is 4. The van der Waals surface area contributed by atoms with Crippen molar-refractivity contribution < 1.29 is 57.1 Å². The molecule has 2 aromatic heterocycles. The summed E-state index contributed by atoms with van der Waals surface area (Å²) in [6.07, 6.45) is 16.2. The van der Waals surface area contributed by atoms with Crippen LogP contribution in [-0.2, 0) is 40.0 Å². The second-order valence-electron chi connectivity index (χ2n) is 6.16. The fourth-order valence-corrected chi connectivity index (χ4v) is 3.34. The highest BCUT2D eigenvalue weighted by Gasteiger charge is 2.12. The lowest BCUT2D eigenvalue weighted by molar-refractivity contribution is -0.678. The van der Waals surface area contributed by atoms with Gasteiger partial charge >= 0.3 is 0 Å². The zero-order valence-corrected chi connectivity index (χ0v) is 19.8. The van der Waals surface area contributed by atoms with Crippen LogP contribution in [0, 0.1) is 0 Å². The first-order chi connectivity index (χ1) is 10.7. The normalized spacial score (nSPS) is 10.3. The summed E-state index contributed by atoms with van der Waals surface area (Å²) in [6, 6.07) is 0. The fourth-order valence-electron chi connectivity index (χ4n) is 3.34. The maximum Gasteiger partial charge on any atom is 0.255 e. The minimum Gasteiger partial charge on any atom is -1.00 e. The van der Waals surface area contributed by atoms with Crippen molar-refractivity contribution in [1.29, 1.82) is 0 Å². The van der Waals surface area contributed by atoms with Crippen molar-refractivity contribution in [3.05, 3.63) is 36.4 Å². The predicted molar refractivity (Wildman–Crippen MR) is 88.4 cm³/mol. The summed E-state index contributed by atoms with van der Waals surface area (Å²) < 4.78 is 9.28. The number of imidazole rings is 2. The van der Waals surface area contributed by atoms with Crippen molar-refractivity contribution in [1.82, 2.24) is 9.13 Å². The lowest BCUT2D eigenvalue weighted by Crippen LogP contribution is -3.00. The second-order valence-corrected chi connectivity index (χ2v) is 6.16. The van der Waals surface area contributed by atoms with E-state index < -0.39 is 0 Å². The van der Waals surface area contributed by atoms with Gasteiger partial charge in [0.25, 0.3) is 11.6 Å². The molecule has 0 unspecified atom stereocenters. The maximum absolute atomic E-state index is 2.40. The van der Waals surface area contributed by atoms with Gasteiger partial charge in [0.2, 0.25) is 0 Å². The van der Waals surface area contributed by atoms with Crippen molar-refractivity contribution in [2.24, 2.45) is 14.1 Å². The summed E-state index contributed by atoms with van der Waals surface area (Å²) >= 11 is 0. The Labute approximate surface area is 181 Å². The third-order valence-corrected chi connectivity index (χ3v) is 4.60. The van der Waals surface area contributed by atoms with Gasteiger partial charge in [-0.05, 0) is 25.7 Å². The minimum atomic E-state index is 0. The molecule has 0 aliphatic heterocycles. The molecule has 4 nitrogen and oxygen atoms in total. The third kappa shape index (κ3) is 6.31. The van der Waals surface area contributed by atoms with Crippen molar-refractivity contribution in [3.8, 4) is 0 Å². The highest BCUT2D eigenvalue weighted by Crippen LogP contribution is 2.07. The number of hydrogen-bond donors (Lipinski definition) is 0. The number of halogens is 2. The summed E-state index contributed by atoms with van der Waals surface area (Å²) in [7, 11) is 4.27. The molecule has 0 saturated carbocycles. The number of hydrogen-bond acceptors (Lipinski definition) is 0. The van der Waals surface area contributed by atoms with E-state index in [1.54, 1.807) is 0 Å². The Morgan fingerprint density at radius 1 is 0.708 bits per heavy atom. The molecule has 0 radical (unpaired) electrons. The standard InChI is InChI=1S/C18H32N4.2HI/c1-5-17-19(3)13-15-21(17)11-9-7-8-10-12-22-16-14-20(4)18(22)6-2;;/h13-16H,5-12H2,1-4H3;2*1H/q+2;;/p-2. The molecule has 0 aliphatic rings. The zero-order chi connectivity index (χ0) is 15.9. The number of unbranched alkanes of at least 4 members (excludes halogenated alkanes) is 3. The van der Waals surface area contributed by atoms with E-state index in [1.807, 2.05) is 0 Å². The Balaban J connectivity index is 0.00000264. The van der Waals surface area contributed by atoms with Crippen LogP contribution >= 0.6 is 0 Å². The summed E-state index contributed by atoms with van der Waals surface area (Å²) in [5.41, 5.74) is 0. The quantitative estimate of drug-likeness (QED) is 0.172. The zero-order valence-electron chi connectivity index (χ0n) is 15.5. The topological polar surface area (TPSA) is 17.6 Å². The van der Waals surface area contributed by atoms with Gasteiger partial charge in [-0.25, -0.2) is 18.3 Å². The van der Waals surface area contributed by atoms with Gasteiger partial charge in [-0.3, -0.25) is 0 Å². The van der Waals surface area contributed by atoms with E-state index in [9.17, 15) is 0 Å². The molecule has 0 aliphatic carbocycles. The Bertz CT molecular complexity index is 538. The van der Waals surface area contributed by atoms with E-state index in [2.05, 4.69) is 71.0 Å². The second kappa shape index (κ2) is 12.3. The van der Waals surface area contributed by atoms with E-state index >= 15 is 0 Å². The Hall–Kier alpha value is -0.120. The van der Waals surface area contributed by atoms with Crippen LogP contribution in [0.25, 0.3) is 0 Å². The smallest absolute Gasteiger partial charge is 0.255 e. The van der Waals surface area contributed by atoms with Gasteiger partial charge in [-0.15, -0.1) is 0 Å². The van der Waals surface area contributed by atoms with Crippen LogP contribution in [0.5, 0.6) is 0 Å². The van der Waals surface area contributed by atoms with E-state index in [4.69, 9.17) is 0 Å². The molecule has 0 N–H and O–H groups in total. The van der Waals surface area contributed by atoms with E-state index in [0.717, 1.165) is 25.9 Å². The molecule has 2 rings (SSSR count). The largest absolute Gasteiger partial charge is 1.00 e. The number of nitrogens with zero attached hydrogens (tertiary/aromatic N) is 4. The first-order valence-corrected chi connectivity index (χ1v) is 8.74. The molecule has 24 heavy (non-hydrogen) atoms. The minimum absolute atomic E-state index is 0. The Morgan fingerprint density at radius 3 is 1.42 bits per heavy atom. The van der Waals surface area contributed by atoms with Crippen LogP contribution < -0.4 is 57.1 Å². The first-order valence-electron chi connectivity index (χ1n) is 8.74. The van der Waals surface area contributed by atoms with Gasteiger partial charge in [0.05, 0.1) is 27.2 Å². The summed E-state index contributed by atoms with van der Waals surface area (Å²) in [5.74, 6) is 2.85. The average Bonchev–Trinajstić information content (AvgIpc) is 3.05. The summed E-state index contributed by atoms with van der Waals surface area (Å²) in [5, 5.41) is 0. The number of rotatable bonds is 9. The fraction of sp³-hybridized carbons (Fsp3) is 0.667. The van der Waals surface area contributed by atoms with Crippen LogP contribution in [0.4, 0.5) is 0 Å². The third-order valence-electron chi connectivity index (χ3n) is 4.60. The Kier molecular flexibility index (Phi) is 12.2. The van der Waals surface area contributed by atoms with Crippen LogP contribution in [0.3, 0.4) is 0 Å². The maximum atomic E-state index is 2.40. The highest BCUT2D eigenvalue weighted by atomic mass is 127. The first kappa shape index (κ1) is 23.9. The van der Waals surface area contributed by atoms with E-state index in [0.29, 0.717) is 0 Å². The van der Waals surface area contributed by atoms with E-state index in [-0.39, 0.29) is 48.0 Å². The Morgan fingerprint density at radius 2 is 1.08 bits per heavy atom. The molecule has 0 atom stereocenters. The molecule has 0 fully saturated rings. The predicted octanol–water partition coefficient (Wildman–Crippen LogP) is -3.67. The van der Waals surface area contributed by atoms with Crippen molar-refractivity contribution in [3.63, 3.8) is 0 Å². The molecule has 0 amide bonds. The van der Waals surface area contributed by atoms with Crippen molar-refractivity contribution in [2.75, 3.05) is 0 Å². The molecule has 2 heterocycles. The monoisotopic (exact) mass is 558 g/mol. The molecule has 138 valence electrons. The van der Waals surface area contributed by atoms with Gasteiger partial charge in [-0.2, -0.15) is 0 Å². The van der Waals surface area contributed by atoms with Gasteiger partial charge in [0.1, 0.15) is 24.8 Å². The van der Waals surface area contributed by atoms with Crippen LogP contribution in [0.2, 0.25) is 0 Å². The SMILES string of the molecule is CCc1n(CCCCCCn2cc[n+](C)c2CC)cc[n+]1C.[I-].[I-]. The molecular formula is C18H32I2N4. The molecule has 0 saturated heterocycles. The molecule has 2 aromatic rings. The lowest BCUT2D eigenvalue weighted by Gasteiger charge is -2.03. The molecular weight excluding hydrogens is 526 g/mol. The summed E-state index contributed by atoms with van der Waals surface area (Å²) in [4.78, 5) is 0. The van der Waals surface area contributed by atoms with E-state index in [1.165, 1.54) is 37.3 Å². The van der Waals surface area contributed by atoms with Crippen LogP contribution in [0.15, 0.2) is 24.8 Å². The van der Waals surface area contributed by atoms with Crippen molar-refractivity contribution >= 4 is 0 Å². The summed E-state index contributed by atoms with van der Waals surface area (Å²) in [6.45, 7) is 6.77. The van der Waals surface area contributed by atoms with Gasteiger partial charge in [0.15, 0.2) is 0 Å². The van der Waals surface area contributed by atoms with Gasteiger partial charge in [-0.1, -0.05) is 13.8 Å².